The van der Waals surface area contributed by atoms with Crippen LogP contribution in [0.4, 0.5) is 5.69 Å². The lowest BCUT2D eigenvalue weighted by Crippen LogP contribution is -2.31. The number of esters is 1. The highest BCUT2D eigenvalue weighted by Gasteiger charge is 2.30. The number of thioether (sulfide) groups is 1. The van der Waals surface area contributed by atoms with Gasteiger partial charge in [-0.05, 0) is 29.8 Å². The molecular weight excluding hydrogens is 458 g/mol. The molecule has 2 N–H and O–H groups in total. The number of carbonyl (C=O) groups excluding carboxylic acids is 3. The van der Waals surface area contributed by atoms with Gasteiger partial charge in [0.25, 0.3) is 0 Å². The Hall–Kier alpha value is -3.97. The Morgan fingerprint density at radius 2 is 1.88 bits per heavy atom. The first-order valence-electron chi connectivity index (χ1n) is 10.2. The predicted molar refractivity (Wildman–Crippen MR) is 127 cm³/mol. The number of carbonyl (C=O) groups is 3. The van der Waals surface area contributed by atoms with Crippen molar-refractivity contribution in [2.75, 3.05) is 32.4 Å². The first kappa shape index (κ1) is 24.7. The van der Waals surface area contributed by atoms with Crippen LogP contribution in [0.15, 0.2) is 53.1 Å². The molecule has 0 fully saturated rings. The number of hydrogen-bond donors (Lipinski definition) is 2. The minimum absolute atomic E-state index is 0.0845. The zero-order valence-corrected chi connectivity index (χ0v) is 19.7. The lowest BCUT2D eigenvalue weighted by Gasteiger charge is -2.25. The smallest absolute Gasteiger partial charge is 0.339 e. The molecule has 1 heterocycles. The van der Waals surface area contributed by atoms with E-state index >= 15 is 0 Å². The summed E-state index contributed by atoms with van der Waals surface area (Å²) in [5, 5.41) is 15.5. The second-order valence-corrected chi connectivity index (χ2v) is 8.13. The molecule has 10 heteroatoms. The molecule has 0 saturated carbocycles. The number of para-hydroxylation sites is 1. The molecular formula is C24H23N3O6S. The second-order valence-electron chi connectivity index (χ2n) is 7.15. The molecule has 0 spiro atoms. The summed E-state index contributed by atoms with van der Waals surface area (Å²) in [6.07, 6.45) is 0.0845. The second kappa shape index (κ2) is 11.2. The largest absolute Gasteiger partial charge is 0.493 e. The van der Waals surface area contributed by atoms with Crippen molar-refractivity contribution < 1.29 is 28.6 Å². The predicted octanol–water partition coefficient (Wildman–Crippen LogP) is 3.20. The van der Waals surface area contributed by atoms with Gasteiger partial charge in [-0.25, -0.2) is 4.79 Å². The number of hydrogen-bond acceptors (Lipinski definition) is 8. The van der Waals surface area contributed by atoms with E-state index in [2.05, 4.69) is 16.7 Å². The van der Waals surface area contributed by atoms with E-state index < -0.39 is 17.8 Å². The van der Waals surface area contributed by atoms with Gasteiger partial charge < -0.3 is 24.8 Å². The molecule has 0 aliphatic carbocycles. The van der Waals surface area contributed by atoms with Crippen molar-refractivity contribution in [3.63, 3.8) is 0 Å². The summed E-state index contributed by atoms with van der Waals surface area (Å²) in [6.45, 7) is 0. The summed E-state index contributed by atoms with van der Waals surface area (Å²) in [5.41, 5.74) is 1.60. The van der Waals surface area contributed by atoms with Gasteiger partial charge >= 0.3 is 5.97 Å². The highest BCUT2D eigenvalue weighted by Crippen LogP contribution is 2.39. The molecule has 0 radical (unpaired) electrons. The van der Waals surface area contributed by atoms with Gasteiger partial charge in [-0.15, -0.1) is 0 Å². The Morgan fingerprint density at radius 1 is 1.15 bits per heavy atom. The number of allylic oxidation sites excluding steroid dienone is 1. The Bertz CT molecular complexity index is 1190. The number of benzene rings is 2. The molecule has 2 aromatic carbocycles. The third-order valence-electron chi connectivity index (χ3n) is 5.12. The molecule has 176 valence electrons. The standard InChI is InChI=1S/C24H23N3O6S/c1-31-19-9-8-14(10-20(19)32-2)16-11-21(28)27-23(17(16)12-25)34-13-22(29)26-18-7-5-4-6-15(18)24(30)33-3/h4-10,16H,11,13H2,1-3H3,(H,26,29)(H,27,28)/t16-/m0/s1. The van der Waals surface area contributed by atoms with Crippen LogP contribution >= 0.6 is 11.8 Å². The molecule has 1 aliphatic heterocycles. The van der Waals surface area contributed by atoms with Gasteiger partial charge in [-0.3, -0.25) is 9.59 Å². The summed E-state index contributed by atoms with van der Waals surface area (Å²) in [7, 11) is 4.29. The number of rotatable bonds is 8. The third-order valence-corrected chi connectivity index (χ3v) is 6.14. The van der Waals surface area contributed by atoms with E-state index in [1.165, 1.54) is 21.3 Å². The van der Waals surface area contributed by atoms with Crippen LogP contribution in [0.3, 0.4) is 0 Å². The molecule has 3 rings (SSSR count). The van der Waals surface area contributed by atoms with Crippen LogP contribution in [0.25, 0.3) is 0 Å². The Morgan fingerprint density at radius 3 is 2.56 bits per heavy atom. The first-order valence-corrected chi connectivity index (χ1v) is 11.2. The molecule has 9 nitrogen and oxygen atoms in total. The van der Waals surface area contributed by atoms with E-state index in [1.54, 1.807) is 42.5 Å². The summed E-state index contributed by atoms with van der Waals surface area (Å²) in [4.78, 5) is 36.9. The molecule has 0 saturated heterocycles. The van der Waals surface area contributed by atoms with E-state index in [9.17, 15) is 19.6 Å². The van der Waals surface area contributed by atoms with Crippen molar-refractivity contribution in [3.05, 3.63) is 64.2 Å². The van der Waals surface area contributed by atoms with Crippen LogP contribution in [0.2, 0.25) is 0 Å². The van der Waals surface area contributed by atoms with Crippen molar-refractivity contribution in [2.45, 2.75) is 12.3 Å². The fourth-order valence-electron chi connectivity index (χ4n) is 3.49. The number of nitrogens with one attached hydrogen (secondary N) is 2. The minimum atomic E-state index is -0.574. The van der Waals surface area contributed by atoms with E-state index in [0.29, 0.717) is 27.8 Å². The summed E-state index contributed by atoms with van der Waals surface area (Å²) >= 11 is 1.04. The fraction of sp³-hybridized carbons (Fsp3) is 0.250. The summed E-state index contributed by atoms with van der Waals surface area (Å²) in [6, 6.07) is 13.9. The number of nitriles is 1. The van der Waals surface area contributed by atoms with Gasteiger partial charge in [0.15, 0.2) is 11.5 Å². The van der Waals surface area contributed by atoms with Gasteiger partial charge in [0, 0.05) is 12.3 Å². The maximum absolute atomic E-state index is 12.6. The molecule has 2 amide bonds. The maximum atomic E-state index is 12.6. The monoisotopic (exact) mass is 481 g/mol. The molecule has 1 atom stereocenters. The van der Waals surface area contributed by atoms with E-state index in [1.807, 2.05) is 0 Å². The van der Waals surface area contributed by atoms with Gasteiger partial charge in [-0.1, -0.05) is 30.0 Å². The lowest BCUT2D eigenvalue weighted by molar-refractivity contribution is -0.121. The lowest BCUT2D eigenvalue weighted by atomic mass is 9.87. The topological polar surface area (TPSA) is 127 Å². The van der Waals surface area contributed by atoms with Crippen LogP contribution in [-0.2, 0) is 14.3 Å². The summed E-state index contributed by atoms with van der Waals surface area (Å²) in [5.74, 6) is -0.811. The van der Waals surface area contributed by atoms with E-state index in [4.69, 9.17) is 14.2 Å². The van der Waals surface area contributed by atoms with Crippen molar-refractivity contribution >= 4 is 35.2 Å². The van der Waals surface area contributed by atoms with Crippen LogP contribution in [0.5, 0.6) is 11.5 Å². The number of ether oxygens (including phenoxy) is 3. The zero-order valence-electron chi connectivity index (χ0n) is 18.8. The third kappa shape index (κ3) is 5.50. The van der Waals surface area contributed by atoms with E-state index in [0.717, 1.165) is 17.3 Å². The van der Waals surface area contributed by atoms with Crippen LogP contribution in [0.1, 0.15) is 28.3 Å². The van der Waals surface area contributed by atoms with Crippen LogP contribution in [0, 0.1) is 11.3 Å². The first-order chi connectivity index (χ1) is 16.4. The number of nitrogens with zero attached hydrogens (tertiary/aromatic N) is 1. The average molecular weight is 482 g/mol. The fourth-order valence-corrected chi connectivity index (χ4v) is 4.37. The molecule has 0 aromatic heterocycles. The normalized spacial score (nSPS) is 15.1. The molecule has 34 heavy (non-hydrogen) atoms. The van der Waals surface area contributed by atoms with Gasteiger partial charge in [0.2, 0.25) is 11.8 Å². The molecule has 1 aliphatic rings. The van der Waals surface area contributed by atoms with Gasteiger partial charge in [-0.2, -0.15) is 5.26 Å². The average Bonchev–Trinajstić information content (AvgIpc) is 2.86. The highest BCUT2D eigenvalue weighted by atomic mass is 32.2. The molecule has 0 bridgehead atoms. The van der Waals surface area contributed by atoms with Crippen molar-refractivity contribution in [2.24, 2.45) is 0 Å². The summed E-state index contributed by atoms with van der Waals surface area (Å²) < 4.78 is 15.3. The minimum Gasteiger partial charge on any atom is -0.493 e. The number of anilines is 1. The Labute approximate surface area is 201 Å². The van der Waals surface area contributed by atoms with Gasteiger partial charge in [0.1, 0.15) is 0 Å². The quantitative estimate of drug-likeness (QED) is 0.551. The highest BCUT2D eigenvalue weighted by molar-refractivity contribution is 8.03. The van der Waals surface area contributed by atoms with Crippen LogP contribution in [-0.4, -0.2) is 44.9 Å². The SMILES string of the molecule is COC(=O)c1ccccc1NC(=O)CSC1=C(C#N)[C@H](c2ccc(OC)c(OC)c2)CC(=O)N1. The molecule has 2 aromatic rings. The number of methoxy groups -OCH3 is 3. The van der Waals surface area contributed by atoms with E-state index in [-0.39, 0.29) is 23.6 Å². The van der Waals surface area contributed by atoms with Crippen LogP contribution < -0.4 is 20.1 Å². The Kier molecular flexibility index (Phi) is 8.16. The van der Waals surface area contributed by atoms with Gasteiger partial charge in [0.05, 0.1) is 55.0 Å². The number of amides is 2. The maximum Gasteiger partial charge on any atom is 0.339 e. The molecule has 0 unspecified atom stereocenters. The van der Waals surface area contributed by atoms with Crippen molar-refractivity contribution in [3.8, 4) is 17.6 Å². The van der Waals surface area contributed by atoms with Crippen molar-refractivity contribution in [1.82, 2.24) is 5.32 Å². The van der Waals surface area contributed by atoms with Crippen molar-refractivity contribution in [1.29, 1.82) is 5.26 Å². The Balaban J connectivity index is 1.80. The zero-order chi connectivity index (χ0) is 24.7.